The molecule has 6 N–H and O–H groups in total. The number of ether oxygens (including phenoxy) is 2. The zero-order valence-electron chi connectivity index (χ0n) is 20.5. The summed E-state index contributed by atoms with van der Waals surface area (Å²) in [7, 11) is 0. The summed E-state index contributed by atoms with van der Waals surface area (Å²) < 4.78 is 53.8. The number of hydrogen-bond acceptors (Lipinski definition) is 14. The number of aromatic nitrogens is 8. The van der Waals surface area contributed by atoms with E-state index in [4.69, 9.17) is 24.3 Å². The summed E-state index contributed by atoms with van der Waals surface area (Å²) >= 11 is 3.97. The van der Waals surface area contributed by atoms with Gasteiger partial charge in [0.05, 0.1) is 31.7 Å². The molecule has 2 aliphatic heterocycles. The highest BCUT2D eigenvalue weighted by molar-refractivity contribution is 8.44. The Morgan fingerprint density at radius 2 is 1.90 bits per heavy atom. The Morgan fingerprint density at radius 1 is 1.17 bits per heavy atom. The molecule has 7 rings (SSSR count). The van der Waals surface area contributed by atoms with Gasteiger partial charge in [0.1, 0.15) is 24.5 Å². The Morgan fingerprint density at radius 3 is 2.68 bits per heavy atom. The van der Waals surface area contributed by atoms with Gasteiger partial charge in [0.2, 0.25) is 5.95 Å². The van der Waals surface area contributed by atoms with Crippen molar-refractivity contribution in [3.8, 4) is 0 Å². The van der Waals surface area contributed by atoms with Gasteiger partial charge in [-0.3, -0.25) is 32.8 Å². The van der Waals surface area contributed by atoms with Gasteiger partial charge in [0.25, 0.3) is 11.1 Å². The van der Waals surface area contributed by atoms with E-state index in [0.29, 0.717) is 0 Å². The van der Waals surface area contributed by atoms with E-state index in [1.54, 1.807) is 0 Å². The van der Waals surface area contributed by atoms with E-state index in [9.17, 15) is 24.4 Å². The van der Waals surface area contributed by atoms with Gasteiger partial charge in [0, 0.05) is 6.42 Å². The summed E-state index contributed by atoms with van der Waals surface area (Å²) in [4.78, 5) is 44.9. The number of nitrogen functional groups attached to an aromatic ring is 1. The highest BCUT2D eigenvalue weighted by Crippen LogP contribution is 2.64. The van der Waals surface area contributed by atoms with E-state index >= 15 is 4.39 Å². The zero-order valence-corrected chi connectivity index (χ0v) is 22.3. The Balaban J connectivity index is 1.08. The SMILES string of the molecule is Nc1nc2c(ncn2[C@@H]2O[C@@H]3C(O)[C@]3(F)C2O[P@](=O)(S)OC[C@H]2O[C@@H](n3cnc4c(=O)[nH]cnc43)C[C@@H]2O)c(=O)[nH]1. The molecule has 0 aromatic carbocycles. The van der Waals surface area contributed by atoms with Crippen LogP contribution in [0.25, 0.3) is 22.3 Å². The first kappa shape index (κ1) is 26.7. The first-order valence-electron chi connectivity index (χ1n) is 12.1. The van der Waals surface area contributed by atoms with Crippen LogP contribution in [0.1, 0.15) is 18.9 Å². The van der Waals surface area contributed by atoms with Crippen LogP contribution in [0.4, 0.5) is 10.3 Å². The number of halogens is 1. The first-order valence-corrected chi connectivity index (χ1v) is 14.8. The van der Waals surface area contributed by atoms with Gasteiger partial charge < -0.3 is 30.4 Å². The Kier molecular flexibility index (Phi) is 5.94. The average Bonchev–Trinajstić information content (AvgIpc) is 3.49. The van der Waals surface area contributed by atoms with Crippen molar-refractivity contribution in [3.63, 3.8) is 0 Å². The number of fused-ring (bicyclic) bond motifs is 3. The molecule has 3 aliphatic rings. The van der Waals surface area contributed by atoms with Crippen LogP contribution in [0.15, 0.2) is 28.6 Å². The van der Waals surface area contributed by atoms with Crippen LogP contribution in [0.5, 0.6) is 0 Å². The lowest BCUT2D eigenvalue weighted by Crippen LogP contribution is -2.36. The van der Waals surface area contributed by atoms with E-state index < -0.39 is 73.2 Å². The Hall–Kier alpha value is -3.23. The number of aromatic amines is 2. The molecule has 2 unspecified atom stereocenters. The van der Waals surface area contributed by atoms with Crippen molar-refractivity contribution in [1.29, 1.82) is 0 Å². The van der Waals surface area contributed by atoms with Gasteiger partial charge in [-0.2, -0.15) is 4.98 Å². The molecule has 6 heterocycles. The van der Waals surface area contributed by atoms with Crippen molar-refractivity contribution >= 4 is 47.3 Å². The van der Waals surface area contributed by atoms with Gasteiger partial charge in [-0.25, -0.2) is 23.9 Å². The molecule has 4 aromatic rings. The standard InChI is InChI=1S/C20H21FN9O9PS/c21-20-11(32)12(20)38-18(30-5-26-10-15(30)27-19(22)28-17(10)34)13(20)39-40(35,41)36-2-7-6(31)1-8(37-7)29-4-25-9-14(29)23-3-24-16(9)33/h3-8,11-13,18,31-32H,1-2H2,(H,35,41)(H,23,24,33)(H3,22,27,28,34)/t6-,7+,8+,11?,12+,13?,18+,20+,40+/m0/s1. The van der Waals surface area contributed by atoms with Crippen molar-refractivity contribution < 1.29 is 37.7 Å². The second kappa shape index (κ2) is 9.13. The molecule has 0 amide bonds. The van der Waals surface area contributed by atoms with Gasteiger partial charge in [0.15, 0.2) is 40.3 Å². The molecule has 1 saturated carbocycles. The molecule has 0 spiro atoms. The van der Waals surface area contributed by atoms with E-state index in [2.05, 4.69) is 42.2 Å². The number of thiol groups is 1. The fourth-order valence-electron chi connectivity index (χ4n) is 5.20. The minimum absolute atomic E-state index is 0.0591. The minimum Gasteiger partial charge on any atom is -0.390 e. The van der Waals surface area contributed by atoms with Crippen molar-refractivity contribution in [2.24, 2.45) is 0 Å². The second-order valence-corrected chi connectivity index (χ2v) is 12.6. The van der Waals surface area contributed by atoms with Crippen LogP contribution in [-0.2, 0) is 23.1 Å². The fourth-order valence-corrected chi connectivity index (χ4v) is 6.66. The Labute approximate surface area is 231 Å². The maximum Gasteiger partial charge on any atom is 0.386 e. The van der Waals surface area contributed by atoms with Gasteiger partial charge in [-0.05, 0) is 0 Å². The van der Waals surface area contributed by atoms with Crippen molar-refractivity contribution in [3.05, 3.63) is 39.7 Å². The summed E-state index contributed by atoms with van der Waals surface area (Å²) in [5.41, 5.74) is 2.20. The second-order valence-electron chi connectivity index (χ2n) is 9.77. The number of nitrogens with one attached hydrogen (secondary N) is 2. The van der Waals surface area contributed by atoms with E-state index in [1.807, 2.05) is 0 Å². The highest BCUT2D eigenvalue weighted by atomic mass is 32.7. The highest BCUT2D eigenvalue weighted by Gasteiger charge is 2.80. The number of aliphatic hydroxyl groups is 2. The number of rotatable bonds is 7. The molecule has 3 fully saturated rings. The van der Waals surface area contributed by atoms with Gasteiger partial charge >= 0.3 is 6.80 Å². The lowest BCUT2D eigenvalue weighted by Gasteiger charge is -2.28. The number of H-pyrrole nitrogens is 2. The maximum absolute atomic E-state index is 15.7. The van der Waals surface area contributed by atoms with Crippen LogP contribution in [-0.4, -0.2) is 92.0 Å². The number of aliphatic hydroxyl groups excluding tert-OH is 2. The number of nitrogens with two attached hydrogens (primary N) is 1. The number of imidazole rings is 2. The largest absolute Gasteiger partial charge is 0.390 e. The van der Waals surface area contributed by atoms with E-state index in [-0.39, 0.29) is 34.7 Å². The average molecular weight is 613 g/mol. The number of nitrogens with zero attached hydrogens (tertiary/aromatic N) is 6. The third-order valence-corrected chi connectivity index (χ3v) is 8.90. The van der Waals surface area contributed by atoms with Crippen LogP contribution >= 0.6 is 19.0 Å². The van der Waals surface area contributed by atoms with Crippen molar-refractivity contribution in [1.82, 2.24) is 39.0 Å². The lowest BCUT2D eigenvalue weighted by atomic mass is 10.2. The minimum atomic E-state index is -4.40. The van der Waals surface area contributed by atoms with Crippen LogP contribution in [0.2, 0.25) is 0 Å². The monoisotopic (exact) mass is 613 g/mol. The fraction of sp³-hybridized carbons (Fsp3) is 0.500. The summed E-state index contributed by atoms with van der Waals surface area (Å²) in [6.07, 6.45) is -5.15. The summed E-state index contributed by atoms with van der Waals surface area (Å²) in [6, 6.07) is 0. The molecule has 18 nitrogen and oxygen atoms in total. The number of hydrogen-bond donors (Lipinski definition) is 6. The van der Waals surface area contributed by atoms with Crippen LogP contribution < -0.4 is 16.9 Å². The smallest absolute Gasteiger partial charge is 0.386 e. The van der Waals surface area contributed by atoms with Crippen LogP contribution in [0, 0.1) is 0 Å². The summed E-state index contributed by atoms with van der Waals surface area (Å²) in [6.45, 7) is -4.88. The van der Waals surface area contributed by atoms with E-state index in [0.717, 1.165) is 6.33 Å². The molecule has 0 radical (unpaired) electrons. The molecule has 41 heavy (non-hydrogen) atoms. The molecule has 218 valence electrons. The van der Waals surface area contributed by atoms with Crippen molar-refractivity contribution in [2.45, 2.75) is 55.1 Å². The normalized spacial score (nSPS) is 34.3. The first-order chi connectivity index (χ1) is 19.5. The quantitative estimate of drug-likeness (QED) is 0.107. The molecular formula is C20H21FN9O9PS. The zero-order chi connectivity index (χ0) is 28.8. The topological polar surface area (TPSA) is 248 Å². The molecule has 1 aliphatic carbocycles. The third kappa shape index (κ3) is 4.13. The molecule has 2 saturated heterocycles. The van der Waals surface area contributed by atoms with E-state index in [1.165, 1.54) is 21.8 Å². The third-order valence-electron chi connectivity index (χ3n) is 7.30. The van der Waals surface area contributed by atoms with Gasteiger partial charge in [-0.15, -0.1) is 0 Å². The summed E-state index contributed by atoms with van der Waals surface area (Å²) in [5, 5.41) is 20.7. The molecular weight excluding hydrogens is 592 g/mol. The number of anilines is 1. The predicted molar refractivity (Wildman–Crippen MR) is 136 cm³/mol. The molecule has 0 bridgehead atoms. The maximum atomic E-state index is 15.7. The Bertz CT molecular complexity index is 1850. The molecule has 4 aromatic heterocycles. The predicted octanol–water partition coefficient (Wildman–Crippen LogP) is -1.10. The molecule has 9 atom stereocenters. The van der Waals surface area contributed by atoms with Crippen LogP contribution in [0.3, 0.4) is 0 Å². The van der Waals surface area contributed by atoms with Crippen molar-refractivity contribution in [2.75, 3.05) is 12.3 Å². The molecule has 21 heteroatoms. The number of alkyl halides is 1. The van der Waals surface area contributed by atoms with Gasteiger partial charge in [-0.1, -0.05) is 12.2 Å². The summed E-state index contributed by atoms with van der Waals surface area (Å²) in [5.74, 6) is -0.234. The lowest BCUT2D eigenvalue weighted by molar-refractivity contribution is -0.0763.